The Morgan fingerprint density at radius 1 is 0.295 bits per heavy atom. The lowest BCUT2D eigenvalue weighted by atomic mass is 9.99. The minimum absolute atomic E-state index is 0.00467. The molecule has 7 aromatic rings. The molecule has 4 saturated heterocycles. The van der Waals surface area contributed by atoms with E-state index in [4.69, 9.17) is 67.8 Å². The van der Waals surface area contributed by atoms with Crippen LogP contribution in [-0.2, 0) is 18.9 Å². The molecule has 0 spiro atoms. The maximum atomic E-state index is 10.9. The minimum Gasteiger partial charge on any atom is -0.462 e. The summed E-state index contributed by atoms with van der Waals surface area (Å²) in [6.45, 7) is -2.90. The molecule has 0 radical (unpaired) electrons. The lowest BCUT2D eigenvalue weighted by molar-refractivity contribution is -0.277. The largest absolute Gasteiger partial charge is 0.462 e. The van der Waals surface area contributed by atoms with Gasteiger partial charge in [-0.15, -0.1) is 0 Å². The number of aromatic nitrogens is 8. The smallest absolute Gasteiger partial charge is 0.229 e. The van der Waals surface area contributed by atoms with Gasteiger partial charge < -0.3 is 130 Å². The quantitative estimate of drug-likeness (QED) is 0.0549. The van der Waals surface area contributed by atoms with Crippen molar-refractivity contribution in [1.82, 2.24) is 39.9 Å². The van der Waals surface area contributed by atoms with Gasteiger partial charge in [0.15, 0.2) is 23.3 Å². The molecule has 9 heterocycles. The fourth-order valence-corrected chi connectivity index (χ4v) is 11.2. The van der Waals surface area contributed by atoms with Gasteiger partial charge in [-0.1, -0.05) is 0 Å². The number of rotatable bonds is 12. The highest BCUT2D eigenvalue weighted by atomic mass is 16.7. The fraction of sp³-hybridized carbons (Fsp3) is 0.429. The maximum absolute atomic E-state index is 10.9. The molecule has 32 heteroatoms. The van der Waals surface area contributed by atoms with E-state index in [2.05, 4.69) is 9.97 Å². The predicted molar refractivity (Wildman–Crippen MR) is 294 cm³/mol. The first kappa shape index (κ1) is 59.6. The number of nitrogens with one attached hydrogen (secondary N) is 2. The first-order chi connectivity index (χ1) is 42.3. The number of aromatic amines is 2. The van der Waals surface area contributed by atoms with Crippen LogP contribution in [0.15, 0.2) is 72.8 Å². The van der Waals surface area contributed by atoms with Crippen LogP contribution in [0.5, 0.6) is 23.0 Å². The summed E-state index contributed by atoms with van der Waals surface area (Å²) in [4.78, 5) is 36.4. The fourth-order valence-electron chi connectivity index (χ4n) is 11.2. The Labute approximate surface area is 492 Å². The van der Waals surface area contributed by atoms with Gasteiger partial charge in [0.25, 0.3) is 0 Å². The van der Waals surface area contributed by atoms with Crippen LogP contribution in [0.4, 0.5) is 0 Å². The second-order valence-corrected chi connectivity index (χ2v) is 21.7. The first-order valence-electron chi connectivity index (χ1n) is 27.6. The van der Waals surface area contributed by atoms with Crippen LogP contribution in [0, 0.1) is 0 Å². The van der Waals surface area contributed by atoms with Gasteiger partial charge in [0, 0.05) is 43.8 Å². The molecule has 18 N–H and O–H groups in total. The highest BCUT2D eigenvalue weighted by Gasteiger charge is 2.48. The van der Waals surface area contributed by atoms with Crippen molar-refractivity contribution in [2.24, 2.45) is 0 Å². The van der Waals surface area contributed by atoms with E-state index in [1.807, 2.05) is 0 Å². The molecular formula is C56H58N8O24. The van der Waals surface area contributed by atoms with Gasteiger partial charge in [0.05, 0.1) is 26.4 Å². The zero-order valence-electron chi connectivity index (χ0n) is 45.4. The second-order valence-electron chi connectivity index (χ2n) is 21.7. The summed E-state index contributed by atoms with van der Waals surface area (Å²) in [6.07, 6.45) is -32.5. The van der Waals surface area contributed by atoms with Crippen LogP contribution in [0.3, 0.4) is 0 Å². The molecule has 32 nitrogen and oxygen atoms in total. The zero-order chi connectivity index (χ0) is 61.7. The topological polar surface area (TPSA) is 506 Å². The number of fused-ring (bicyclic) bond motifs is 20. The standard InChI is InChI=1S/C56H58N8O24/c65-13-29-33(69)37(73)41(77)53(85-29)81-17-1-5-21-25(9-17)49-57-45(21)61-50-26-10-18(82-54-42(78)38(74)34(70)30(14-66)86-54)2-6-22(26)47(58-50)63-52-28-12-20(84-56-44(80)40(76)36(72)32(16-68)88-56)4-8-24(28)48(60-52)64-51-27-11-19(3-7-23(27)46(59-51)62-49)83-55-43(79)39(75)35(71)31(15-67)87-55/h1-12,29-44,53-56,65-80H,13-16H2,(H2,57,58,59,60,61,62,63,64)/t29-,30-,31-,32-,33-,34-,35-,36-,37+,38+,39+,40+,41-,42-,43-,44-,53?,54?,55?,56?/m1/s1. The van der Waals surface area contributed by atoms with Crippen LogP contribution in [0.1, 0.15) is 0 Å². The predicted octanol–water partition coefficient (Wildman–Crippen LogP) is -4.42. The zero-order valence-corrected chi connectivity index (χ0v) is 45.4. The molecule has 20 atom stereocenters. The van der Waals surface area contributed by atoms with E-state index < -0.39 is 149 Å². The van der Waals surface area contributed by atoms with Crippen molar-refractivity contribution in [3.8, 4) is 68.5 Å². The Hall–Kier alpha value is -7.36. The summed E-state index contributed by atoms with van der Waals surface area (Å²) in [7, 11) is 0. The Kier molecular flexibility index (Phi) is 15.9. The molecule has 4 aromatic carbocycles. The Balaban J connectivity index is 1.01. The SMILES string of the molecule is OC[C@H]1OC(Oc2ccc3c(c2)-c2nc-3nc3[nH]c(nc4nc(nc5[nH]c(n2)c2ccc(OC6O[C@H](CO)[C@@H](O)[C@H](O)[C@H]6O)cc52)-c2ccc(OC5O[C@H](CO)[C@@H](O)[C@H](O)[C@H]5O)cc2-4)c2ccc(OC4O[C@H](CO)[C@@H](O)[C@H](O)[C@H]4O)cc32)[C@H](O)[C@@H](O)[C@@H]1O. The lowest BCUT2D eigenvalue weighted by Gasteiger charge is -2.39. The summed E-state index contributed by atoms with van der Waals surface area (Å²) in [6, 6.07) is 18.2. The average Bonchev–Trinajstić information content (AvgIpc) is 1.75. The summed E-state index contributed by atoms with van der Waals surface area (Å²) >= 11 is 0. The molecule has 3 aromatic heterocycles. The van der Waals surface area contributed by atoms with Crippen molar-refractivity contribution < 1.29 is 120 Å². The van der Waals surface area contributed by atoms with E-state index in [0.29, 0.717) is 32.7 Å². The van der Waals surface area contributed by atoms with Crippen molar-refractivity contribution in [2.75, 3.05) is 26.4 Å². The first-order valence-corrected chi connectivity index (χ1v) is 27.6. The van der Waals surface area contributed by atoms with Crippen molar-refractivity contribution in [2.45, 2.75) is 123 Å². The van der Waals surface area contributed by atoms with Gasteiger partial charge in [0.2, 0.25) is 25.2 Å². The number of hydrogen-bond donors (Lipinski definition) is 18. The number of aliphatic hydroxyl groups excluding tert-OH is 16. The molecule has 0 amide bonds. The number of hydrogen-bond acceptors (Lipinski definition) is 30. The summed E-state index contributed by atoms with van der Waals surface area (Å²) < 4.78 is 46.8. The molecule has 88 heavy (non-hydrogen) atoms. The van der Waals surface area contributed by atoms with E-state index in [1.54, 1.807) is 24.3 Å². The van der Waals surface area contributed by atoms with E-state index >= 15 is 0 Å². The van der Waals surface area contributed by atoms with Crippen molar-refractivity contribution >= 4 is 44.1 Å². The normalized spacial score (nSPS) is 33.0. The second kappa shape index (κ2) is 23.5. The van der Waals surface area contributed by atoms with Crippen LogP contribution in [0.25, 0.3) is 89.7 Å². The molecule has 8 bridgehead atoms. The molecule has 4 unspecified atom stereocenters. The number of benzene rings is 4. The number of nitrogens with zero attached hydrogens (tertiary/aromatic N) is 6. The van der Waals surface area contributed by atoms with Gasteiger partial charge in [-0.3, -0.25) is 0 Å². The summed E-state index contributed by atoms with van der Waals surface area (Å²) in [5, 5.41) is 169. The monoisotopic (exact) mass is 1230 g/mol. The van der Waals surface area contributed by atoms with E-state index in [-0.39, 0.29) is 80.0 Å². The van der Waals surface area contributed by atoms with E-state index in [0.717, 1.165) is 0 Å². The molecule has 4 fully saturated rings. The molecule has 466 valence electrons. The lowest BCUT2D eigenvalue weighted by Crippen LogP contribution is -2.60. The van der Waals surface area contributed by atoms with Gasteiger partial charge in [-0.25, -0.2) is 29.9 Å². The number of ether oxygens (including phenoxy) is 8. The highest BCUT2D eigenvalue weighted by molar-refractivity contribution is 6.07. The third-order valence-electron chi connectivity index (χ3n) is 16.1. The molecule has 0 saturated carbocycles. The molecular weight excluding hydrogens is 1170 g/mol. The molecule has 6 aliphatic heterocycles. The summed E-state index contributed by atoms with van der Waals surface area (Å²) in [5.41, 5.74) is 1.63. The summed E-state index contributed by atoms with van der Waals surface area (Å²) in [5.74, 6) is 0.200. The number of aliphatic hydroxyl groups is 16. The average molecular weight is 1230 g/mol. The van der Waals surface area contributed by atoms with Gasteiger partial charge in [-0.2, -0.15) is 0 Å². The van der Waals surface area contributed by atoms with Crippen LogP contribution in [0.2, 0.25) is 0 Å². The van der Waals surface area contributed by atoms with E-state index in [9.17, 15) is 81.7 Å². The van der Waals surface area contributed by atoms with E-state index in [1.165, 1.54) is 48.5 Å². The molecule has 6 aliphatic rings. The van der Waals surface area contributed by atoms with Crippen molar-refractivity contribution in [3.63, 3.8) is 0 Å². The molecule has 0 aliphatic carbocycles. The Morgan fingerprint density at radius 3 is 0.852 bits per heavy atom. The Morgan fingerprint density at radius 2 is 0.557 bits per heavy atom. The maximum Gasteiger partial charge on any atom is 0.229 e. The third kappa shape index (κ3) is 10.5. The van der Waals surface area contributed by atoms with Gasteiger partial charge in [-0.05, 0) is 72.8 Å². The van der Waals surface area contributed by atoms with Gasteiger partial charge in [0.1, 0.15) is 143 Å². The molecule has 13 rings (SSSR count). The van der Waals surface area contributed by atoms with Crippen LogP contribution < -0.4 is 18.9 Å². The van der Waals surface area contributed by atoms with Gasteiger partial charge >= 0.3 is 0 Å². The number of H-pyrrole nitrogens is 2. The van der Waals surface area contributed by atoms with Crippen LogP contribution >= 0.6 is 0 Å². The third-order valence-corrected chi connectivity index (χ3v) is 16.1. The Bertz CT molecular complexity index is 3700. The van der Waals surface area contributed by atoms with Crippen LogP contribution in [-0.4, -0.2) is 271 Å². The van der Waals surface area contributed by atoms with Crippen molar-refractivity contribution in [3.05, 3.63) is 72.8 Å². The minimum atomic E-state index is -1.78. The van der Waals surface area contributed by atoms with Crippen molar-refractivity contribution in [1.29, 1.82) is 0 Å². The highest BCUT2D eigenvalue weighted by Crippen LogP contribution is 2.42.